The minimum absolute atomic E-state index is 0.302. The fourth-order valence-electron chi connectivity index (χ4n) is 2.31. The predicted molar refractivity (Wildman–Crippen MR) is 66.5 cm³/mol. The predicted octanol–water partition coefficient (Wildman–Crippen LogP) is 2.52. The Balaban J connectivity index is 2.75. The Bertz CT molecular complexity index is 514. The van der Waals surface area contributed by atoms with E-state index >= 15 is 0 Å². The molecular formula is C13H18N2O. The number of hydrogen-bond acceptors (Lipinski definition) is 2. The van der Waals surface area contributed by atoms with Crippen molar-refractivity contribution in [2.24, 2.45) is 5.73 Å². The van der Waals surface area contributed by atoms with Crippen molar-refractivity contribution >= 4 is 10.9 Å². The van der Waals surface area contributed by atoms with Gasteiger partial charge in [-0.1, -0.05) is 6.92 Å². The van der Waals surface area contributed by atoms with E-state index in [0.29, 0.717) is 12.3 Å². The highest BCUT2D eigenvalue weighted by atomic mass is 16.3. The van der Waals surface area contributed by atoms with Crippen LogP contribution in [-0.2, 0) is 13.1 Å². The molecule has 0 saturated carbocycles. The Morgan fingerprint density at radius 3 is 2.75 bits per heavy atom. The van der Waals surface area contributed by atoms with E-state index in [0.717, 1.165) is 29.4 Å². The molecule has 0 bridgehead atoms. The second-order valence-electron chi connectivity index (χ2n) is 4.12. The molecule has 2 rings (SSSR count). The summed E-state index contributed by atoms with van der Waals surface area (Å²) >= 11 is 0. The second kappa shape index (κ2) is 4.18. The maximum absolute atomic E-state index is 9.53. The lowest BCUT2D eigenvalue weighted by atomic mass is 10.1. The van der Waals surface area contributed by atoms with Gasteiger partial charge >= 0.3 is 0 Å². The maximum atomic E-state index is 9.53. The Morgan fingerprint density at radius 2 is 2.12 bits per heavy atom. The largest absolute Gasteiger partial charge is 0.508 e. The Hall–Kier alpha value is -1.48. The first-order valence-corrected chi connectivity index (χ1v) is 5.69. The zero-order valence-electron chi connectivity index (χ0n) is 9.83. The van der Waals surface area contributed by atoms with Gasteiger partial charge in [0.2, 0.25) is 0 Å². The van der Waals surface area contributed by atoms with E-state index in [4.69, 9.17) is 5.73 Å². The highest BCUT2D eigenvalue weighted by molar-refractivity contribution is 5.86. The lowest BCUT2D eigenvalue weighted by molar-refractivity contribution is 0.476. The molecule has 0 aliphatic carbocycles. The van der Waals surface area contributed by atoms with Gasteiger partial charge < -0.3 is 15.4 Å². The molecule has 2 aromatic rings. The number of phenolic OH excluding ortho intramolecular Hbond substituents is 1. The van der Waals surface area contributed by atoms with Gasteiger partial charge in [-0.2, -0.15) is 0 Å². The number of aryl methyl sites for hydroxylation is 1. The minimum Gasteiger partial charge on any atom is -0.508 e. The number of benzene rings is 1. The molecule has 3 heteroatoms. The van der Waals surface area contributed by atoms with Gasteiger partial charge in [0.25, 0.3) is 0 Å². The van der Waals surface area contributed by atoms with E-state index in [1.807, 2.05) is 6.07 Å². The number of phenols is 1. The lowest BCUT2D eigenvalue weighted by Crippen LogP contribution is -2.02. The standard InChI is InChI=1S/C13H18N2O/c1-3-6-15-9(2)12(8-14)11-7-10(16)4-5-13(11)15/h4-5,7,16H,3,6,8,14H2,1-2H3. The van der Waals surface area contributed by atoms with Crippen molar-refractivity contribution in [3.63, 3.8) is 0 Å². The number of aromatic hydroxyl groups is 1. The van der Waals surface area contributed by atoms with Crippen molar-refractivity contribution in [2.75, 3.05) is 0 Å². The monoisotopic (exact) mass is 218 g/mol. The van der Waals surface area contributed by atoms with Crippen LogP contribution < -0.4 is 5.73 Å². The summed E-state index contributed by atoms with van der Waals surface area (Å²) in [6, 6.07) is 5.50. The first-order valence-electron chi connectivity index (χ1n) is 5.69. The zero-order chi connectivity index (χ0) is 11.7. The summed E-state index contributed by atoms with van der Waals surface area (Å²) in [6.07, 6.45) is 1.09. The number of fused-ring (bicyclic) bond motifs is 1. The first-order chi connectivity index (χ1) is 7.69. The molecule has 16 heavy (non-hydrogen) atoms. The average molecular weight is 218 g/mol. The van der Waals surface area contributed by atoms with E-state index in [1.165, 1.54) is 5.69 Å². The van der Waals surface area contributed by atoms with E-state index in [9.17, 15) is 5.11 Å². The normalized spacial score (nSPS) is 11.2. The van der Waals surface area contributed by atoms with E-state index in [2.05, 4.69) is 18.4 Å². The van der Waals surface area contributed by atoms with Crippen molar-refractivity contribution < 1.29 is 5.11 Å². The number of nitrogens with two attached hydrogens (primary N) is 1. The zero-order valence-corrected chi connectivity index (χ0v) is 9.83. The molecule has 0 unspecified atom stereocenters. The fourth-order valence-corrected chi connectivity index (χ4v) is 2.31. The molecule has 1 aromatic carbocycles. The smallest absolute Gasteiger partial charge is 0.116 e. The van der Waals surface area contributed by atoms with E-state index < -0.39 is 0 Å². The second-order valence-corrected chi connectivity index (χ2v) is 4.12. The first kappa shape index (κ1) is 11.0. The molecule has 0 fully saturated rings. The van der Waals surface area contributed by atoms with Crippen molar-refractivity contribution in [1.82, 2.24) is 4.57 Å². The molecule has 0 aliphatic heterocycles. The molecule has 0 saturated heterocycles. The molecule has 0 amide bonds. The molecule has 1 heterocycles. The minimum atomic E-state index is 0.302. The van der Waals surface area contributed by atoms with E-state index in [1.54, 1.807) is 12.1 Å². The van der Waals surface area contributed by atoms with Crippen LogP contribution >= 0.6 is 0 Å². The van der Waals surface area contributed by atoms with Crippen LogP contribution in [0.3, 0.4) is 0 Å². The molecule has 1 aromatic heterocycles. The number of aromatic nitrogens is 1. The van der Waals surface area contributed by atoms with Gasteiger partial charge in [0.15, 0.2) is 0 Å². The molecule has 0 atom stereocenters. The van der Waals surface area contributed by atoms with Crippen LogP contribution in [0, 0.1) is 6.92 Å². The number of hydrogen-bond donors (Lipinski definition) is 2. The van der Waals surface area contributed by atoms with Crippen molar-refractivity contribution in [3.05, 3.63) is 29.5 Å². The summed E-state index contributed by atoms with van der Waals surface area (Å²) in [5.41, 5.74) is 9.30. The van der Waals surface area contributed by atoms with Gasteiger partial charge in [-0.25, -0.2) is 0 Å². The lowest BCUT2D eigenvalue weighted by Gasteiger charge is -2.06. The number of nitrogens with zero attached hydrogens (tertiary/aromatic N) is 1. The Morgan fingerprint density at radius 1 is 1.38 bits per heavy atom. The maximum Gasteiger partial charge on any atom is 0.116 e. The average Bonchev–Trinajstić information content (AvgIpc) is 2.52. The summed E-state index contributed by atoms with van der Waals surface area (Å²) in [5, 5.41) is 10.6. The molecule has 3 N–H and O–H groups in total. The van der Waals surface area contributed by atoms with Crippen LogP contribution in [-0.4, -0.2) is 9.67 Å². The highest BCUT2D eigenvalue weighted by Gasteiger charge is 2.12. The fraction of sp³-hybridized carbons (Fsp3) is 0.385. The summed E-state index contributed by atoms with van der Waals surface area (Å²) in [5.74, 6) is 0.302. The van der Waals surface area contributed by atoms with Crippen molar-refractivity contribution in [2.45, 2.75) is 33.4 Å². The van der Waals surface area contributed by atoms with Crippen LogP contribution in [0.1, 0.15) is 24.6 Å². The van der Waals surface area contributed by atoms with Crippen LogP contribution in [0.25, 0.3) is 10.9 Å². The van der Waals surface area contributed by atoms with Crippen molar-refractivity contribution in [1.29, 1.82) is 0 Å². The summed E-state index contributed by atoms with van der Waals surface area (Å²) in [4.78, 5) is 0. The van der Waals surface area contributed by atoms with Crippen LogP contribution in [0.4, 0.5) is 0 Å². The summed E-state index contributed by atoms with van der Waals surface area (Å²) in [6.45, 7) is 5.76. The molecule has 0 radical (unpaired) electrons. The third-order valence-corrected chi connectivity index (χ3v) is 3.09. The van der Waals surface area contributed by atoms with Crippen LogP contribution in [0.15, 0.2) is 18.2 Å². The number of rotatable bonds is 3. The van der Waals surface area contributed by atoms with Crippen LogP contribution in [0.2, 0.25) is 0 Å². The third-order valence-electron chi connectivity index (χ3n) is 3.09. The topological polar surface area (TPSA) is 51.2 Å². The van der Waals surface area contributed by atoms with Crippen LogP contribution in [0.5, 0.6) is 5.75 Å². The van der Waals surface area contributed by atoms with Gasteiger partial charge in [-0.15, -0.1) is 0 Å². The van der Waals surface area contributed by atoms with Gasteiger partial charge in [0.05, 0.1) is 0 Å². The summed E-state index contributed by atoms with van der Waals surface area (Å²) < 4.78 is 2.27. The van der Waals surface area contributed by atoms with E-state index in [-0.39, 0.29) is 0 Å². The van der Waals surface area contributed by atoms with Gasteiger partial charge in [0.1, 0.15) is 5.75 Å². The Labute approximate surface area is 95.5 Å². The highest BCUT2D eigenvalue weighted by Crippen LogP contribution is 2.28. The third kappa shape index (κ3) is 1.57. The summed E-state index contributed by atoms with van der Waals surface area (Å²) in [7, 11) is 0. The van der Waals surface area contributed by atoms with Gasteiger partial charge in [0, 0.05) is 29.7 Å². The molecule has 86 valence electrons. The quantitative estimate of drug-likeness (QED) is 0.831. The molecule has 0 spiro atoms. The van der Waals surface area contributed by atoms with Gasteiger partial charge in [-0.05, 0) is 37.1 Å². The SMILES string of the molecule is CCCn1c(C)c(CN)c2cc(O)ccc21. The molecular weight excluding hydrogens is 200 g/mol. The molecule has 3 nitrogen and oxygen atoms in total. The Kier molecular flexibility index (Phi) is 2.88. The van der Waals surface area contributed by atoms with Crippen molar-refractivity contribution in [3.8, 4) is 5.75 Å². The van der Waals surface area contributed by atoms with Gasteiger partial charge in [-0.3, -0.25) is 0 Å². The molecule has 0 aliphatic rings.